The molecular weight excluding hydrogens is 524 g/mol. The van der Waals surface area contributed by atoms with Crippen LogP contribution in [-0.4, -0.2) is 80.7 Å². The fourth-order valence-corrected chi connectivity index (χ4v) is 5.46. The summed E-state index contributed by atoms with van der Waals surface area (Å²) in [5.74, 6) is -1.14. The number of aliphatic hydroxyl groups excluding tert-OH is 3. The molecule has 3 aliphatic rings. The topological polar surface area (TPSA) is 172 Å². The number of carboxylic acid groups (broad SMARTS) is 1. The number of methoxy groups -OCH3 is 1. The summed E-state index contributed by atoms with van der Waals surface area (Å²) >= 11 is 0. The molecule has 1 fully saturated rings. The Bertz CT molecular complexity index is 1370. The van der Waals surface area contributed by atoms with E-state index in [4.69, 9.17) is 18.9 Å². The zero-order valence-electron chi connectivity index (χ0n) is 22.2. The highest BCUT2D eigenvalue weighted by Gasteiger charge is 2.50. The number of fused-ring (bicyclic) bond motifs is 2. The first-order valence-electron chi connectivity index (χ1n) is 12.9. The molecule has 11 nitrogen and oxygen atoms in total. The minimum Gasteiger partial charge on any atom is -0.496 e. The van der Waals surface area contributed by atoms with Gasteiger partial charge < -0.3 is 44.5 Å². The standard InChI is InChI=1S/C29H32O11/c1-28(2)11-10-17-23(40-28)16-6-4-5-7-18(16)29(36,25(17)33)13-14-8-9-15(12-19(14)37-3)38-27-22(32)20(30)21(31)24(39-27)26(34)35/h4-9,12,20-22,24,27,30-32,36H,10-11,13H2,1-3H3,(H,34,35)/t20-,21-,22+,24-,27+,29?/m0/s1. The number of aliphatic hydroxyl groups is 4. The van der Waals surface area contributed by atoms with Gasteiger partial charge in [-0.25, -0.2) is 4.79 Å². The number of hydrogen-bond donors (Lipinski definition) is 5. The third-order valence-electron chi connectivity index (χ3n) is 7.67. The van der Waals surface area contributed by atoms with Gasteiger partial charge in [-0.1, -0.05) is 30.3 Å². The van der Waals surface area contributed by atoms with Gasteiger partial charge in [-0.3, -0.25) is 4.79 Å². The molecule has 0 spiro atoms. The third kappa shape index (κ3) is 4.73. The van der Waals surface area contributed by atoms with E-state index in [-0.39, 0.29) is 17.9 Å². The fourth-order valence-electron chi connectivity index (χ4n) is 5.46. The average Bonchev–Trinajstić information content (AvgIpc) is 2.92. The summed E-state index contributed by atoms with van der Waals surface area (Å²) < 4.78 is 22.5. The highest BCUT2D eigenvalue weighted by molar-refractivity contribution is 6.10. The van der Waals surface area contributed by atoms with Crippen molar-refractivity contribution >= 4 is 17.5 Å². The molecule has 6 atom stereocenters. The van der Waals surface area contributed by atoms with E-state index in [1.54, 1.807) is 18.2 Å². The summed E-state index contributed by atoms with van der Waals surface area (Å²) in [4.78, 5) is 25.2. The lowest BCUT2D eigenvalue weighted by molar-refractivity contribution is -0.271. The van der Waals surface area contributed by atoms with Gasteiger partial charge in [0.05, 0.1) is 7.11 Å². The molecule has 0 bridgehead atoms. The Labute approximate surface area is 230 Å². The predicted molar refractivity (Wildman–Crippen MR) is 138 cm³/mol. The van der Waals surface area contributed by atoms with Gasteiger partial charge in [0, 0.05) is 29.2 Å². The maximum atomic E-state index is 13.8. The highest BCUT2D eigenvalue weighted by Crippen LogP contribution is 2.48. The molecule has 40 heavy (non-hydrogen) atoms. The van der Waals surface area contributed by atoms with Crippen LogP contribution in [0.2, 0.25) is 0 Å². The predicted octanol–water partition coefficient (Wildman–Crippen LogP) is 1.28. The number of ether oxygens (including phenoxy) is 4. The maximum Gasteiger partial charge on any atom is 0.335 e. The second-order valence-electron chi connectivity index (χ2n) is 10.9. The first kappa shape index (κ1) is 28.1. The molecule has 5 N–H and O–H groups in total. The molecule has 2 aromatic carbocycles. The van der Waals surface area contributed by atoms with Gasteiger partial charge in [-0.05, 0) is 38.3 Å². The van der Waals surface area contributed by atoms with E-state index in [9.17, 15) is 35.1 Å². The Morgan fingerprint density at radius 1 is 1.07 bits per heavy atom. The van der Waals surface area contributed by atoms with Gasteiger partial charge >= 0.3 is 5.97 Å². The highest BCUT2D eigenvalue weighted by atomic mass is 16.7. The van der Waals surface area contributed by atoms with Crippen molar-refractivity contribution in [3.63, 3.8) is 0 Å². The van der Waals surface area contributed by atoms with Crippen LogP contribution in [0, 0.1) is 0 Å². The normalized spacial score (nSPS) is 31.1. The third-order valence-corrected chi connectivity index (χ3v) is 7.67. The summed E-state index contributed by atoms with van der Waals surface area (Å²) in [7, 11) is 1.40. The minimum absolute atomic E-state index is 0.0904. The lowest BCUT2D eigenvalue weighted by Gasteiger charge is -2.41. The summed E-state index contributed by atoms with van der Waals surface area (Å²) in [6.45, 7) is 3.92. The van der Waals surface area contributed by atoms with E-state index in [1.165, 1.54) is 19.2 Å². The zero-order chi connectivity index (χ0) is 29.0. The molecule has 214 valence electrons. The van der Waals surface area contributed by atoms with E-state index >= 15 is 0 Å². The minimum atomic E-state index is -1.90. The number of aliphatic carboxylic acids is 1. The lowest BCUT2D eigenvalue weighted by Crippen LogP contribution is -2.61. The molecule has 1 aliphatic carbocycles. The summed E-state index contributed by atoms with van der Waals surface area (Å²) in [5, 5.41) is 51.5. The molecule has 0 radical (unpaired) electrons. The van der Waals surface area contributed by atoms with Crippen LogP contribution in [0.1, 0.15) is 43.4 Å². The number of Topliss-reactive ketones (excluding diaryl/α,β-unsaturated/α-hetero) is 1. The molecule has 0 amide bonds. The average molecular weight is 557 g/mol. The summed E-state index contributed by atoms with van der Waals surface area (Å²) in [5.41, 5.74) is -0.349. The van der Waals surface area contributed by atoms with Crippen molar-refractivity contribution in [2.45, 2.75) is 75.0 Å². The Balaban J connectivity index is 1.44. The molecule has 2 aromatic rings. The molecule has 1 unspecified atom stereocenters. The molecule has 2 aliphatic heterocycles. The van der Waals surface area contributed by atoms with E-state index in [2.05, 4.69) is 0 Å². The summed E-state index contributed by atoms with van der Waals surface area (Å²) in [6.07, 6.45) is -7.87. The maximum absolute atomic E-state index is 13.8. The van der Waals surface area contributed by atoms with E-state index in [1.807, 2.05) is 26.0 Å². The number of ketones is 1. The van der Waals surface area contributed by atoms with E-state index in [0.717, 1.165) is 0 Å². The number of benzene rings is 2. The Kier molecular flexibility index (Phi) is 7.13. The van der Waals surface area contributed by atoms with Gasteiger partial charge in [0.2, 0.25) is 6.29 Å². The van der Waals surface area contributed by atoms with Crippen LogP contribution in [-0.2, 0) is 31.1 Å². The van der Waals surface area contributed by atoms with E-state index in [0.29, 0.717) is 40.9 Å². The van der Waals surface area contributed by atoms with Crippen molar-refractivity contribution in [2.24, 2.45) is 0 Å². The number of rotatable bonds is 6. The fraction of sp³-hybridized carbons (Fsp3) is 0.448. The number of hydrogen-bond acceptors (Lipinski definition) is 10. The molecular formula is C29H32O11. The van der Waals surface area contributed by atoms with Gasteiger partial charge in [-0.15, -0.1) is 0 Å². The molecule has 2 heterocycles. The van der Waals surface area contributed by atoms with Crippen molar-refractivity contribution in [3.8, 4) is 11.5 Å². The number of carboxylic acids is 1. The summed E-state index contributed by atoms with van der Waals surface area (Å²) in [6, 6.07) is 11.6. The second kappa shape index (κ2) is 10.2. The molecule has 5 rings (SSSR count). The van der Waals surface area contributed by atoms with Crippen LogP contribution >= 0.6 is 0 Å². The number of carbonyl (C=O) groups is 2. The van der Waals surface area contributed by atoms with Crippen LogP contribution in [0.3, 0.4) is 0 Å². The first-order valence-corrected chi connectivity index (χ1v) is 12.9. The van der Waals surface area contributed by atoms with Gasteiger partial charge in [-0.2, -0.15) is 0 Å². The van der Waals surface area contributed by atoms with Crippen LogP contribution < -0.4 is 9.47 Å². The van der Waals surface area contributed by atoms with Crippen LogP contribution in [0.5, 0.6) is 11.5 Å². The molecule has 1 saturated heterocycles. The molecule has 0 aromatic heterocycles. The van der Waals surface area contributed by atoms with E-state index < -0.39 is 53.7 Å². The van der Waals surface area contributed by atoms with Crippen molar-refractivity contribution < 1.29 is 54.1 Å². The molecule has 0 saturated carbocycles. The lowest BCUT2D eigenvalue weighted by atomic mass is 9.72. The quantitative estimate of drug-likeness (QED) is 0.347. The Morgan fingerprint density at radius 3 is 2.50 bits per heavy atom. The monoisotopic (exact) mass is 556 g/mol. The molecule has 11 heteroatoms. The van der Waals surface area contributed by atoms with Gasteiger partial charge in [0.15, 0.2) is 17.5 Å². The van der Waals surface area contributed by atoms with Crippen LogP contribution in [0.4, 0.5) is 0 Å². The van der Waals surface area contributed by atoms with Crippen molar-refractivity contribution in [2.75, 3.05) is 7.11 Å². The van der Waals surface area contributed by atoms with Crippen LogP contribution in [0.15, 0.2) is 48.0 Å². The largest absolute Gasteiger partial charge is 0.496 e. The van der Waals surface area contributed by atoms with Crippen molar-refractivity contribution in [1.29, 1.82) is 0 Å². The Hall–Kier alpha value is -3.48. The zero-order valence-corrected chi connectivity index (χ0v) is 22.2. The first-order chi connectivity index (χ1) is 18.9. The SMILES string of the molecule is COc1cc(O[C@@H]2O[C@H](C(=O)O)[C@@H](O)[C@H](O)[C@H]2O)ccc1CC1(O)C(=O)C2=C(OC(C)(C)CC2)c2ccccc21. The van der Waals surface area contributed by atoms with Crippen molar-refractivity contribution in [3.05, 3.63) is 64.7 Å². The second-order valence-corrected chi connectivity index (χ2v) is 10.9. The van der Waals surface area contributed by atoms with Gasteiger partial charge in [0.1, 0.15) is 41.2 Å². The van der Waals surface area contributed by atoms with Crippen molar-refractivity contribution in [1.82, 2.24) is 0 Å². The number of carbonyl (C=O) groups excluding carboxylic acids is 1. The smallest absolute Gasteiger partial charge is 0.335 e. The van der Waals surface area contributed by atoms with Crippen LogP contribution in [0.25, 0.3) is 5.76 Å². The van der Waals surface area contributed by atoms with Gasteiger partial charge in [0.25, 0.3) is 0 Å². The Morgan fingerprint density at radius 2 is 1.80 bits per heavy atom.